The van der Waals surface area contributed by atoms with E-state index in [2.05, 4.69) is 11.4 Å². The van der Waals surface area contributed by atoms with E-state index in [0.29, 0.717) is 6.54 Å². The number of benzene rings is 2. The number of carbonyl (C=O) groups is 1. The molecule has 0 aliphatic heterocycles. The number of amides is 1. The molecule has 0 unspecified atom stereocenters. The minimum absolute atomic E-state index is 0.109. The molecule has 0 spiro atoms. The van der Waals surface area contributed by atoms with Gasteiger partial charge in [-0.05, 0) is 68.1 Å². The van der Waals surface area contributed by atoms with Crippen LogP contribution < -0.4 is 14.8 Å². The van der Waals surface area contributed by atoms with Gasteiger partial charge in [-0.1, -0.05) is 18.2 Å². The van der Waals surface area contributed by atoms with Gasteiger partial charge in [0, 0.05) is 6.54 Å². The van der Waals surface area contributed by atoms with Crippen LogP contribution in [-0.2, 0) is 11.2 Å². The number of ether oxygens (including phenoxy) is 2. The van der Waals surface area contributed by atoms with Crippen molar-refractivity contribution in [3.8, 4) is 11.5 Å². The first kappa shape index (κ1) is 17.9. The molecule has 0 aliphatic rings. The number of aryl methyl sites for hydroxylation is 2. The SMILES string of the molecule is COc1ccc(CCNC(=O)[C@@H](C)Oc2cc(C)cc(C)c2)cc1. The Labute approximate surface area is 143 Å². The zero-order valence-corrected chi connectivity index (χ0v) is 14.8. The maximum absolute atomic E-state index is 12.2. The van der Waals surface area contributed by atoms with E-state index >= 15 is 0 Å². The van der Waals surface area contributed by atoms with Gasteiger partial charge in [-0.3, -0.25) is 4.79 Å². The fourth-order valence-corrected chi connectivity index (χ4v) is 2.52. The van der Waals surface area contributed by atoms with Crippen molar-refractivity contribution in [3.63, 3.8) is 0 Å². The van der Waals surface area contributed by atoms with Crippen molar-refractivity contribution in [1.82, 2.24) is 5.32 Å². The van der Waals surface area contributed by atoms with Crippen LogP contribution in [0.5, 0.6) is 11.5 Å². The maximum atomic E-state index is 12.2. The molecule has 2 rings (SSSR count). The summed E-state index contributed by atoms with van der Waals surface area (Å²) in [7, 11) is 1.65. The van der Waals surface area contributed by atoms with Gasteiger partial charge in [0.2, 0.25) is 0 Å². The van der Waals surface area contributed by atoms with Crippen LogP contribution in [0, 0.1) is 13.8 Å². The van der Waals surface area contributed by atoms with Gasteiger partial charge in [0.05, 0.1) is 7.11 Å². The lowest BCUT2D eigenvalue weighted by atomic mass is 10.1. The van der Waals surface area contributed by atoms with Crippen molar-refractivity contribution < 1.29 is 14.3 Å². The standard InChI is InChI=1S/C20H25NO3/c1-14-11-15(2)13-19(12-14)24-16(3)20(22)21-10-9-17-5-7-18(23-4)8-6-17/h5-8,11-13,16H,9-10H2,1-4H3,(H,21,22)/t16-/m1/s1. The molecule has 0 heterocycles. The van der Waals surface area contributed by atoms with Crippen molar-refractivity contribution in [2.24, 2.45) is 0 Å². The number of methoxy groups -OCH3 is 1. The summed E-state index contributed by atoms with van der Waals surface area (Å²) in [5, 5.41) is 2.91. The Morgan fingerprint density at radius 2 is 1.67 bits per heavy atom. The molecule has 1 amide bonds. The van der Waals surface area contributed by atoms with Gasteiger partial charge >= 0.3 is 0 Å². The second kappa shape index (κ2) is 8.39. The van der Waals surface area contributed by atoms with E-state index in [-0.39, 0.29) is 5.91 Å². The van der Waals surface area contributed by atoms with Crippen LogP contribution >= 0.6 is 0 Å². The van der Waals surface area contributed by atoms with Crippen LogP contribution in [0.3, 0.4) is 0 Å². The fraction of sp³-hybridized carbons (Fsp3) is 0.350. The van der Waals surface area contributed by atoms with Crippen LogP contribution in [-0.4, -0.2) is 25.7 Å². The highest BCUT2D eigenvalue weighted by atomic mass is 16.5. The number of rotatable bonds is 7. The van der Waals surface area contributed by atoms with Crippen LogP contribution in [0.2, 0.25) is 0 Å². The molecule has 0 radical (unpaired) electrons. The predicted octanol–water partition coefficient (Wildman–Crippen LogP) is 3.44. The summed E-state index contributed by atoms with van der Waals surface area (Å²) in [5.74, 6) is 1.45. The molecule has 0 aromatic heterocycles. The highest BCUT2D eigenvalue weighted by Crippen LogP contribution is 2.17. The smallest absolute Gasteiger partial charge is 0.260 e. The average molecular weight is 327 g/mol. The fourth-order valence-electron chi connectivity index (χ4n) is 2.52. The molecule has 1 N–H and O–H groups in total. The zero-order valence-electron chi connectivity index (χ0n) is 14.8. The molecule has 2 aromatic rings. The van der Waals surface area contributed by atoms with E-state index in [1.807, 2.05) is 50.2 Å². The first-order valence-corrected chi connectivity index (χ1v) is 8.13. The van der Waals surface area contributed by atoms with Gasteiger partial charge in [0.15, 0.2) is 6.10 Å². The van der Waals surface area contributed by atoms with Crippen molar-refractivity contribution in [2.45, 2.75) is 33.3 Å². The molecule has 0 bridgehead atoms. The van der Waals surface area contributed by atoms with Gasteiger partial charge in [-0.25, -0.2) is 0 Å². The normalized spacial score (nSPS) is 11.7. The highest BCUT2D eigenvalue weighted by Gasteiger charge is 2.14. The molecule has 0 saturated heterocycles. The summed E-state index contributed by atoms with van der Waals surface area (Å²) in [6.07, 6.45) is 0.244. The Morgan fingerprint density at radius 1 is 1.04 bits per heavy atom. The zero-order chi connectivity index (χ0) is 17.5. The summed E-state index contributed by atoms with van der Waals surface area (Å²) in [5.41, 5.74) is 3.40. The van der Waals surface area contributed by atoms with Gasteiger partial charge < -0.3 is 14.8 Å². The lowest BCUT2D eigenvalue weighted by Gasteiger charge is -2.15. The first-order chi connectivity index (χ1) is 11.5. The van der Waals surface area contributed by atoms with Gasteiger partial charge in [0.1, 0.15) is 11.5 Å². The molecule has 0 aliphatic carbocycles. The van der Waals surface area contributed by atoms with Crippen LogP contribution in [0.4, 0.5) is 0 Å². The Balaban J connectivity index is 1.80. The van der Waals surface area contributed by atoms with Crippen LogP contribution in [0.15, 0.2) is 42.5 Å². The maximum Gasteiger partial charge on any atom is 0.260 e. The van der Waals surface area contributed by atoms with E-state index < -0.39 is 6.10 Å². The Bertz CT molecular complexity index is 660. The van der Waals surface area contributed by atoms with Crippen molar-refractivity contribution in [1.29, 1.82) is 0 Å². The van der Waals surface area contributed by atoms with E-state index in [1.165, 1.54) is 0 Å². The second-order valence-electron chi connectivity index (χ2n) is 5.97. The highest BCUT2D eigenvalue weighted by molar-refractivity contribution is 5.80. The topological polar surface area (TPSA) is 47.6 Å². The average Bonchev–Trinajstić information content (AvgIpc) is 2.54. The lowest BCUT2D eigenvalue weighted by Crippen LogP contribution is -2.37. The van der Waals surface area contributed by atoms with Gasteiger partial charge in [-0.2, -0.15) is 0 Å². The lowest BCUT2D eigenvalue weighted by molar-refractivity contribution is -0.127. The van der Waals surface area contributed by atoms with E-state index in [0.717, 1.165) is 34.6 Å². The number of nitrogens with one attached hydrogen (secondary N) is 1. The van der Waals surface area contributed by atoms with E-state index in [9.17, 15) is 4.79 Å². The molecule has 1 atom stereocenters. The Kier molecular flexibility index (Phi) is 6.24. The van der Waals surface area contributed by atoms with Crippen molar-refractivity contribution in [3.05, 3.63) is 59.2 Å². The minimum Gasteiger partial charge on any atom is -0.497 e. The van der Waals surface area contributed by atoms with Gasteiger partial charge in [0.25, 0.3) is 5.91 Å². The molecular weight excluding hydrogens is 302 g/mol. The first-order valence-electron chi connectivity index (χ1n) is 8.13. The third-order valence-electron chi connectivity index (χ3n) is 3.75. The van der Waals surface area contributed by atoms with Crippen LogP contribution in [0.25, 0.3) is 0 Å². The summed E-state index contributed by atoms with van der Waals surface area (Å²) < 4.78 is 10.9. The summed E-state index contributed by atoms with van der Waals surface area (Å²) in [6.45, 7) is 6.37. The molecule has 4 nitrogen and oxygen atoms in total. The molecule has 128 valence electrons. The van der Waals surface area contributed by atoms with E-state index in [1.54, 1.807) is 14.0 Å². The quantitative estimate of drug-likeness (QED) is 0.847. The Hall–Kier alpha value is -2.49. The van der Waals surface area contributed by atoms with Crippen molar-refractivity contribution in [2.75, 3.05) is 13.7 Å². The largest absolute Gasteiger partial charge is 0.497 e. The summed E-state index contributed by atoms with van der Waals surface area (Å²) in [6, 6.07) is 13.8. The second-order valence-corrected chi connectivity index (χ2v) is 5.97. The van der Waals surface area contributed by atoms with Gasteiger partial charge in [-0.15, -0.1) is 0 Å². The van der Waals surface area contributed by atoms with Crippen molar-refractivity contribution >= 4 is 5.91 Å². The monoisotopic (exact) mass is 327 g/mol. The van der Waals surface area contributed by atoms with Crippen LogP contribution in [0.1, 0.15) is 23.6 Å². The summed E-state index contributed by atoms with van der Waals surface area (Å²) >= 11 is 0. The predicted molar refractivity (Wildman–Crippen MR) is 95.7 cm³/mol. The number of carbonyl (C=O) groups excluding carboxylic acids is 1. The number of hydrogen-bond donors (Lipinski definition) is 1. The molecular formula is C20H25NO3. The molecule has 0 saturated carbocycles. The summed E-state index contributed by atoms with van der Waals surface area (Å²) in [4.78, 5) is 12.2. The molecule has 24 heavy (non-hydrogen) atoms. The molecule has 4 heteroatoms. The molecule has 0 fully saturated rings. The minimum atomic E-state index is -0.526. The third kappa shape index (κ3) is 5.30. The Morgan fingerprint density at radius 3 is 2.25 bits per heavy atom. The van der Waals surface area contributed by atoms with E-state index in [4.69, 9.17) is 9.47 Å². The number of hydrogen-bond acceptors (Lipinski definition) is 3. The molecule has 2 aromatic carbocycles. The third-order valence-corrected chi connectivity index (χ3v) is 3.75.